The number of nitrogens with one attached hydrogen (secondary N) is 1. The molecule has 0 saturated carbocycles. The van der Waals surface area contributed by atoms with E-state index in [2.05, 4.69) is 5.32 Å². The van der Waals surface area contributed by atoms with Crippen LogP contribution in [0, 0.1) is 5.92 Å². The molecule has 2 saturated heterocycles. The van der Waals surface area contributed by atoms with Gasteiger partial charge in [-0.15, -0.1) is 0 Å². The maximum absolute atomic E-state index is 11.5. The lowest BCUT2D eigenvalue weighted by Crippen LogP contribution is -2.51. The van der Waals surface area contributed by atoms with Crippen LogP contribution in [-0.4, -0.2) is 37.9 Å². The molecule has 2 fully saturated rings. The topological polar surface area (TPSA) is 47.6 Å². The lowest BCUT2D eigenvalue weighted by molar-refractivity contribution is -0.146. The summed E-state index contributed by atoms with van der Waals surface area (Å²) in [7, 11) is 0. The predicted octanol–water partition coefficient (Wildman–Crippen LogP) is 0.316. The summed E-state index contributed by atoms with van der Waals surface area (Å²) in [4.78, 5) is 11.5. The number of hydrogen-bond donors (Lipinski definition) is 1. The lowest BCUT2D eigenvalue weighted by atomic mass is 9.90. The number of carbonyl (C=O) groups is 1. The van der Waals surface area contributed by atoms with Crippen LogP contribution < -0.4 is 5.32 Å². The molecule has 14 heavy (non-hydrogen) atoms. The van der Waals surface area contributed by atoms with Crippen LogP contribution in [0.4, 0.5) is 0 Å². The van der Waals surface area contributed by atoms with Gasteiger partial charge in [0.2, 0.25) is 0 Å². The van der Waals surface area contributed by atoms with E-state index in [0.29, 0.717) is 18.6 Å². The Hall–Kier alpha value is -0.610. The van der Waals surface area contributed by atoms with Crippen molar-refractivity contribution in [3.8, 4) is 0 Å². The molecule has 1 N–H and O–H groups in total. The van der Waals surface area contributed by atoms with E-state index >= 15 is 0 Å². The van der Waals surface area contributed by atoms with Crippen LogP contribution in [0.1, 0.15) is 19.8 Å². The van der Waals surface area contributed by atoms with Gasteiger partial charge in [-0.1, -0.05) is 0 Å². The molecular weight excluding hydrogens is 182 g/mol. The Morgan fingerprint density at radius 3 is 3.14 bits per heavy atom. The molecule has 80 valence electrons. The molecule has 0 amide bonds. The molecule has 0 spiro atoms. The first-order valence-electron chi connectivity index (χ1n) is 5.31. The van der Waals surface area contributed by atoms with Crippen molar-refractivity contribution in [3.05, 3.63) is 0 Å². The SMILES string of the molecule is CCOC(=O)C1CCC2COCC2N1. The second-order valence-corrected chi connectivity index (χ2v) is 3.95. The van der Waals surface area contributed by atoms with Crippen LogP contribution in [0.5, 0.6) is 0 Å². The number of carbonyl (C=O) groups excluding carboxylic acids is 1. The summed E-state index contributed by atoms with van der Waals surface area (Å²) in [6, 6.07) is 0.246. The van der Waals surface area contributed by atoms with Gasteiger partial charge in [0, 0.05) is 6.04 Å². The maximum atomic E-state index is 11.5. The van der Waals surface area contributed by atoms with Gasteiger partial charge in [-0.3, -0.25) is 10.1 Å². The van der Waals surface area contributed by atoms with Gasteiger partial charge in [0.1, 0.15) is 6.04 Å². The highest BCUT2D eigenvalue weighted by atomic mass is 16.5. The first-order valence-corrected chi connectivity index (χ1v) is 5.31. The van der Waals surface area contributed by atoms with Crippen molar-refractivity contribution >= 4 is 5.97 Å². The summed E-state index contributed by atoms with van der Waals surface area (Å²) in [5.74, 6) is 0.485. The summed E-state index contributed by atoms with van der Waals surface area (Å²) in [6.45, 7) is 3.87. The van der Waals surface area contributed by atoms with Crippen molar-refractivity contribution in [1.29, 1.82) is 0 Å². The van der Waals surface area contributed by atoms with Gasteiger partial charge in [-0.25, -0.2) is 0 Å². The van der Waals surface area contributed by atoms with Gasteiger partial charge >= 0.3 is 5.97 Å². The van der Waals surface area contributed by atoms with Crippen LogP contribution in [0.3, 0.4) is 0 Å². The molecule has 2 heterocycles. The standard InChI is InChI=1S/C10H17NO3/c1-2-14-10(12)8-4-3-7-5-13-6-9(7)11-8/h7-9,11H,2-6H2,1H3. The average Bonchev–Trinajstić information content (AvgIpc) is 2.64. The van der Waals surface area contributed by atoms with E-state index in [0.717, 1.165) is 26.1 Å². The molecule has 0 aromatic carbocycles. The molecule has 0 aromatic rings. The number of fused-ring (bicyclic) bond motifs is 1. The zero-order valence-corrected chi connectivity index (χ0v) is 8.49. The van der Waals surface area contributed by atoms with E-state index in [1.54, 1.807) is 0 Å². The van der Waals surface area contributed by atoms with E-state index in [-0.39, 0.29) is 12.0 Å². The first kappa shape index (κ1) is 9.93. The van der Waals surface area contributed by atoms with E-state index in [1.165, 1.54) is 0 Å². The zero-order valence-electron chi connectivity index (χ0n) is 8.49. The van der Waals surface area contributed by atoms with Crippen molar-refractivity contribution in [2.75, 3.05) is 19.8 Å². The lowest BCUT2D eigenvalue weighted by Gasteiger charge is -2.30. The molecule has 0 aliphatic carbocycles. The molecule has 0 bridgehead atoms. The van der Waals surface area contributed by atoms with Gasteiger partial charge in [-0.05, 0) is 25.7 Å². The Morgan fingerprint density at radius 1 is 1.50 bits per heavy atom. The molecule has 0 aromatic heterocycles. The molecule has 2 aliphatic rings. The quantitative estimate of drug-likeness (QED) is 0.650. The number of piperidine rings is 1. The molecule has 2 rings (SSSR count). The number of rotatable bonds is 2. The van der Waals surface area contributed by atoms with Crippen molar-refractivity contribution in [3.63, 3.8) is 0 Å². The summed E-state index contributed by atoms with van der Waals surface area (Å²) in [5.41, 5.74) is 0. The fourth-order valence-electron chi connectivity index (χ4n) is 2.22. The highest BCUT2D eigenvalue weighted by molar-refractivity contribution is 5.75. The van der Waals surface area contributed by atoms with Gasteiger partial charge in [0.25, 0.3) is 0 Å². The Balaban J connectivity index is 1.87. The predicted molar refractivity (Wildman–Crippen MR) is 50.9 cm³/mol. The van der Waals surface area contributed by atoms with Gasteiger partial charge in [0.15, 0.2) is 0 Å². The molecule has 3 atom stereocenters. The monoisotopic (exact) mass is 199 g/mol. The molecule has 4 nitrogen and oxygen atoms in total. The maximum Gasteiger partial charge on any atom is 0.323 e. The normalized spacial score (nSPS) is 36.5. The van der Waals surface area contributed by atoms with E-state index in [9.17, 15) is 4.79 Å². The Morgan fingerprint density at radius 2 is 2.36 bits per heavy atom. The minimum absolute atomic E-state index is 0.113. The van der Waals surface area contributed by atoms with Crippen LogP contribution >= 0.6 is 0 Å². The van der Waals surface area contributed by atoms with Crippen LogP contribution in [0.25, 0.3) is 0 Å². The second kappa shape index (κ2) is 4.28. The number of esters is 1. The first-order chi connectivity index (χ1) is 6.81. The summed E-state index contributed by atoms with van der Waals surface area (Å²) >= 11 is 0. The van der Waals surface area contributed by atoms with Crippen molar-refractivity contribution in [2.24, 2.45) is 5.92 Å². The van der Waals surface area contributed by atoms with Crippen molar-refractivity contribution < 1.29 is 14.3 Å². The van der Waals surface area contributed by atoms with Gasteiger partial charge in [0.05, 0.1) is 19.8 Å². The summed E-state index contributed by atoms with van der Waals surface area (Å²) < 4.78 is 10.4. The van der Waals surface area contributed by atoms with Crippen LogP contribution in [0.15, 0.2) is 0 Å². The van der Waals surface area contributed by atoms with Gasteiger partial charge in [-0.2, -0.15) is 0 Å². The van der Waals surface area contributed by atoms with E-state index in [1.807, 2.05) is 6.92 Å². The summed E-state index contributed by atoms with van der Waals surface area (Å²) in [6.07, 6.45) is 1.95. The Bertz CT molecular complexity index is 219. The number of hydrogen-bond acceptors (Lipinski definition) is 4. The zero-order chi connectivity index (χ0) is 9.97. The fourth-order valence-corrected chi connectivity index (χ4v) is 2.22. The molecule has 3 unspecified atom stereocenters. The van der Waals surface area contributed by atoms with Crippen molar-refractivity contribution in [1.82, 2.24) is 5.32 Å². The van der Waals surface area contributed by atoms with Gasteiger partial charge < -0.3 is 9.47 Å². The molecular formula is C10H17NO3. The van der Waals surface area contributed by atoms with E-state index < -0.39 is 0 Å². The minimum atomic E-state index is -0.113. The fraction of sp³-hybridized carbons (Fsp3) is 0.900. The Labute approximate surface area is 84.0 Å². The highest BCUT2D eigenvalue weighted by Gasteiger charge is 2.37. The highest BCUT2D eigenvalue weighted by Crippen LogP contribution is 2.25. The Kier molecular flexibility index (Phi) is 3.03. The third-order valence-electron chi connectivity index (χ3n) is 3.01. The smallest absolute Gasteiger partial charge is 0.323 e. The van der Waals surface area contributed by atoms with E-state index in [4.69, 9.17) is 9.47 Å². The average molecular weight is 199 g/mol. The third kappa shape index (κ3) is 1.91. The molecule has 2 aliphatic heterocycles. The number of ether oxygens (including phenoxy) is 2. The molecule has 0 radical (unpaired) electrons. The van der Waals surface area contributed by atoms with Crippen LogP contribution in [0.2, 0.25) is 0 Å². The van der Waals surface area contributed by atoms with Crippen LogP contribution in [-0.2, 0) is 14.3 Å². The molecule has 4 heteroatoms. The summed E-state index contributed by atoms with van der Waals surface area (Å²) in [5, 5.41) is 3.30. The second-order valence-electron chi connectivity index (χ2n) is 3.95. The van der Waals surface area contributed by atoms with Crippen molar-refractivity contribution in [2.45, 2.75) is 31.8 Å². The largest absolute Gasteiger partial charge is 0.465 e. The minimum Gasteiger partial charge on any atom is -0.465 e. The third-order valence-corrected chi connectivity index (χ3v) is 3.01.